The van der Waals surface area contributed by atoms with E-state index in [-0.39, 0.29) is 11.9 Å². The van der Waals surface area contributed by atoms with Gasteiger partial charge in [0.25, 0.3) is 0 Å². The van der Waals surface area contributed by atoms with Gasteiger partial charge in [-0.15, -0.1) is 0 Å². The normalized spacial score (nSPS) is 18.8. The molecule has 2 aliphatic rings. The molecule has 0 radical (unpaired) electrons. The first-order valence-electron chi connectivity index (χ1n) is 9.07. The molecule has 0 saturated carbocycles. The summed E-state index contributed by atoms with van der Waals surface area (Å²) in [6.07, 6.45) is 1.14. The van der Waals surface area contributed by atoms with Crippen LogP contribution in [0.15, 0.2) is 58.8 Å². The van der Waals surface area contributed by atoms with E-state index in [1.807, 2.05) is 18.2 Å². The Labute approximate surface area is 153 Å². The molecule has 2 aliphatic heterocycles. The zero-order valence-electron chi connectivity index (χ0n) is 14.7. The standard InChI is InChI=1S/C20H23N5O/c21-20(26)10-9-16-14-24(15-5-2-1-3-6-15)11-12-25(16)19-8-4-7-18-17(19)13-22-23-18/h1-8,16H,9-14H2,(H2,21,26). The molecule has 26 heavy (non-hydrogen) atoms. The van der Waals surface area contributed by atoms with E-state index in [4.69, 9.17) is 5.73 Å². The van der Waals surface area contributed by atoms with Crippen LogP contribution in [-0.4, -0.2) is 31.6 Å². The summed E-state index contributed by atoms with van der Waals surface area (Å²) in [5.74, 6) is -0.245. The third-order valence-corrected chi connectivity index (χ3v) is 5.17. The first-order valence-corrected chi connectivity index (χ1v) is 9.07. The van der Waals surface area contributed by atoms with Gasteiger partial charge in [0, 0.05) is 49.0 Å². The summed E-state index contributed by atoms with van der Waals surface area (Å²) in [5, 5.41) is 8.41. The van der Waals surface area contributed by atoms with E-state index >= 15 is 0 Å². The number of piperazine rings is 1. The topological polar surface area (TPSA) is 74.3 Å². The maximum atomic E-state index is 11.4. The predicted octanol–water partition coefficient (Wildman–Crippen LogP) is 3.24. The van der Waals surface area contributed by atoms with Crippen LogP contribution in [0.3, 0.4) is 0 Å². The Hall–Kier alpha value is -2.89. The molecular formula is C20H23N5O. The van der Waals surface area contributed by atoms with Gasteiger partial charge in [0.15, 0.2) is 0 Å². The molecule has 2 aromatic carbocycles. The number of azo groups is 1. The molecule has 6 heteroatoms. The lowest BCUT2D eigenvalue weighted by Crippen LogP contribution is -2.54. The summed E-state index contributed by atoms with van der Waals surface area (Å²) in [6.45, 7) is 3.34. The maximum absolute atomic E-state index is 11.4. The van der Waals surface area contributed by atoms with Crippen LogP contribution in [0.4, 0.5) is 17.1 Å². The number of benzene rings is 2. The number of fused-ring (bicyclic) bond motifs is 1. The van der Waals surface area contributed by atoms with Crippen molar-refractivity contribution in [2.24, 2.45) is 16.0 Å². The zero-order valence-corrected chi connectivity index (χ0v) is 14.7. The van der Waals surface area contributed by atoms with E-state index in [1.54, 1.807) is 0 Å². The average Bonchev–Trinajstić information content (AvgIpc) is 3.16. The van der Waals surface area contributed by atoms with Crippen LogP contribution in [0.25, 0.3) is 0 Å². The van der Waals surface area contributed by atoms with Gasteiger partial charge in [-0.25, -0.2) is 0 Å². The van der Waals surface area contributed by atoms with Crippen LogP contribution in [-0.2, 0) is 11.3 Å². The number of amides is 1. The molecule has 6 nitrogen and oxygen atoms in total. The molecule has 0 aromatic heterocycles. The molecule has 4 rings (SSSR count). The minimum Gasteiger partial charge on any atom is -0.370 e. The van der Waals surface area contributed by atoms with Crippen molar-refractivity contribution in [1.82, 2.24) is 0 Å². The van der Waals surface area contributed by atoms with Gasteiger partial charge in [-0.3, -0.25) is 4.79 Å². The number of hydrogen-bond donors (Lipinski definition) is 1. The Kier molecular flexibility index (Phi) is 4.56. The number of carbonyl (C=O) groups excluding carboxylic acids is 1. The van der Waals surface area contributed by atoms with Gasteiger partial charge in [0.05, 0.1) is 12.2 Å². The van der Waals surface area contributed by atoms with Crippen molar-refractivity contribution < 1.29 is 4.79 Å². The number of nitrogens with zero attached hydrogens (tertiary/aromatic N) is 4. The lowest BCUT2D eigenvalue weighted by molar-refractivity contribution is -0.118. The summed E-state index contributed by atoms with van der Waals surface area (Å²) in [7, 11) is 0. The van der Waals surface area contributed by atoms with Crippen molar-refractivity contribution in [2.75, 3.05) is 29.4 Å². The molecule has 0 bridgehead atoms. The molecule has 1 saturated heterocycles. The van der Waals surface area contributed by atoms with Crippen LogP contribution in [0.2, 0.25) is 0 Å². The summed E-state index contributed by atoms with van der Waals surface area (Å²) in [5.41, 5.74) is 9.98. The van der Waals surface area contributed by atoms with E-state index in [1.165, 1.54) is 16.9 Å². The molecule has 1 unspecified atom stereocenters. The molecule has 134 valence electrons. The second-order valence-corrected chi connectivity index (χ2v) is 6.81. The molecule has 1 fully saturated rings. The van der Waals surface area contributed by atoms with E-state index in [2.05, 4.69) is 50.4 Å². The highest BCUT2D eigenvalue weighted by molar-refractivity contribution is 5.74. The van der Waals surface area contributed by atoms with Crippen LogP contribution >= 0.6 is 0 Å². The van der Waals surface area contributed by atoms with Crippen molar-refractivity contribution in [3.05, 3.63) is 54.1 Å². The van der Waals surface area contributed by atoms with E-state index < -0.39 is 0 Å². The van der Waals surface area contributed by atoms with Crippen molar-refractivity contribution in [1.29, 1.82) is 0 Å². The SMILES string of the molecule is NC(=O)CCC1CN(c2ccccc2)CCN1c1cccc2c1CN=N2. The van der Waals surface area contributed by atoms with E-state index in [9.17, 15) is 4.79 Å². The van der Waals surface area contributed by atoms with Gasteiger partial charge in [-0.2, -0.15) is 10.2 Å². The maximum Gasteiger partial charge on any atom is 0.217 e. The first-order chi connectivity index (χ1) is 12.7. The Balaban J connectivity index is 1.60. The molecule has 2 N–H and O–H groups in total. The summed E-state index contributed by atoms with van der Waals surface area (Å²) < 4.78 is 0. The number of carbonyl (C=O) groups is 1. The van der Waals surface area contributed by atoms with Gasteiger partial charge in [-0.05, 0) is 30.7 Å². The fourth-order valence-corrected chi connectivity index (χ4v) is 3.87. The third-order valence-electron chi connectivity index (χ3n) is 5.17. The Morgan fingerprint density at radius 2 is 1.96 bits per heavy atom. The second kappa shape index (κ2) is 7.15. The molecule has 0 aliphatic carbocycles. The molecule has 1 atom stereocenters. The Bertz CT molecular complexity index is 820. The number of rotatable bonds is 5. The number of primary amides is 1. The molecule has 1 amide bonds. The fraction of sp³-hybridized carbons (Fsp3) is 0.350. The van der Waals surface area contributed by atoms with Crippen molar-refractivity contribution >= 4 is 23.0 Å². The third kappa shape index (κ3) is 3.27. The van der Waals surface area contributed by atoms with Gasteiger partial charge < -0.3 is 15.5 Å². The van der Waals surface area contributed by atoms with Crippen LogP contribution in [0, 0.1) is 0 Å². The molecule has 2 heterocycles. The molecule has 0 spiro atoms. The number of anilines is 2. The van der Waals surface area contributed by atoms with Crippen LogP contribution in [0.5, 0.6) is 0 Å². The first kappa shape index (κ1) is 16.6. The zero-order chi connectivity index (χ0) is 17.9. The lowest BCUT2D eigenvalue weighted by atomic mass is 10.0. The summed E-state index contributed by atoms with van der Waals surface area (Å²) in [6, 6.07) is 16.8. The van der Waals surface area contributed by atoms with E-state index in [0.29, 0.717) is 13.0 Å². The predicted molar refractivity (Wildman–Crippen MR) is 103 cm³/mol. The average molecular weight is 349 g/mol. The number of nitrogens with two attached hydrogens (primary N) is 1. The minimum absolute atomic E-state index is 0.226. The van der Waals surface area contributed by atoms with Crippen LogP contribution in [0.1, 0.15) is 18.4 Å². The highest BCUT2D eigenvalue weighted by Crippen LogP contribution is 2.37. The molecule has 2 aromatic rings. The fourth-order valence-electron chi connectivity index (χ4n) is 3.87. The van der Waals surface area contributed by atoms with Crippen LogP contribution < -0.4 is 15.5 Å². The second-order valence-electron chi connectivity index (χ2n) is 6.81. The smallest absolute Gasteiger partial charge is 0.217 e. The van der Waals surface area contributed by atoms with Gasteiger partial charge in [-0.1, -0.05) is 24.3 Å². The number of para-hydroxylation sites is 1. The van der Waals surface area contributed by atoms with Gasteiger partial charge >= 0.3 is 0 Å². The lowest BCUT2D eigenvalue weighted by Gasteiger charge is -2.44. The Morgan fingerprint density at radius 1 is 1.12 bits per heavy atom. The largest absolute Gasteiger partial charge is 0.370 e. The van der Waals surface area contributed by atoms with Crippen molar-refractivity contribution in [3.63, 3.8) is 0 Å². The quantitative estimate of drug-likeness (QED) is 0.900. The molecular weight excluding hydrogens is 326 g/mol. The Morgan fingerprint density at radius 3 is 2.77 bits per heavy atom. The van der Waals surface area contributed by atoms with Crippen molar-refractivity contribution in [2.45, 2.75) is 25.4 Å². The summed E-state index contributed by atoms with van der Waals surface area (Å²) in [4.78, 5) is 16.2. The minimum atomic E-state index is -0.245. The summed E-state index contributed by atoms with van der Waals surface area (Å²) >= 11 is 0. The highest BCUT2D eigenvalue weighted by Gasteiger charge is 2.30. The highest BCUT2D eigenvalue weighted by atomic mass is 16.1. The number of hydrogen-bond acceptors (Lipinski definition) is 5. The van der Waals surface area contributed by atoms with Gasteiger partial charge in [0.2, 0.25) is 5.91 Å². The van der Waals surface area contributed by atoms with E-state index in [0.717, 1.165) is 31.7 Å². The monoisotopic (exact) mass is 349 g/mol. The van der Waals surface area contributed by atoms with Crippen molar-refractivity contribution in [3.8, 4) is 0 Å². The van der Waals surface area contributed by atoms with Gasteiger partial charge in [0.1, 0.15) is 0 Å².